The molecular formula is C20H22FNO4. The number of halogens is 1. The summed E-state index contributed by atoms with van der Waals surface area (Å²) in [5.41, 5.74) is 1.24. The molecular weight excluding hydrogens is 337 g/mol. The number of carbonyl (C=O) groups is 1. The maximum atomic E-state index is 14.0. The largest absolute Gasteiger partial charge is 0.493 e. The van der Waals surface area contributed by atoms with E-state index >= 15 is 0 Å². The molecule has 1 heterocycles. The molecule has 0 bridgehead atoms. The van der Waals surface area contributed by atoms with Gasteiger partial charge >= 0.3 is 0 Å². The average Bonchev–Trinajstić information content (AvgIpc) is 2.96. The molecule has 2 N–H and O–H groups in total. The molecule has 2 aromatic carbocycles. The van der Waals surface area contributed by atoms with E-state index < -0.39 is 5.60 Å². The van der Waals surface area contributed by atoms with Gasteiger partial charge in [0.2, 0.25) is 0 Å². The van der Waals surface area contributed by atoms with Gasteiger partial charge in [-0.2, -0.15) is 0 Å². The molecule has 6 heteroatoms. The van der Waals surface area contributed by atoms with E-state index in [2.05, 4.69) is 5.32 Å². The van der Waals surface area contributed by atoms with Crippen molar-refractivity contribution >= 4 is 5.91 Å². The van der Waals surface area contributed by atoms with Gasteiger partial charge in [0.05, 0.1) is 13.7 Å². The number of amides is 1. The van der Waals surface area contributed by atoms with Crippen LogP contribution in [0.15, 0.2) is 36.4 Å². The van der Waals surface area contributed by atoms with Crippen LogP contribution in [-0.2, 0) is 12.8 Å². The van der Waals surface area contributed by atoms with E-state index in [0.29, 0.717) is 35.5 Å². The van der Waals surface area contributed by atoms with Crippen molar-refractivity contribution in [2.45, 2.75) is 25.4 Å². The smallest absolute Gasteiger partial charge is 0.251 e. The van der Waals surface area contributed by atoms with Gasteiger partial charge in [-0.05, 0) is 30.7 Å². The first-order chi connectivity index (χ1) is 12.5. The summed E-state index contributed by atoms with van der Waals surface area (Å²) >= 11 is 0. The van der Waals surface area contributed by atoms with Crippen LogP contribution < -0.4 is 14.8 Å². The van der Waals surface area contributed by atoms with Gasteiger partial charge < -0.3 is 19.9 Å². The zero-order valence-electron chi connectivity index (χ0n) is 14.8. The SMILES string of the molecule is COc1cc(C(=O)NCCO)cc2c1O[C@@](C)(Cc1ccccc1F)C2. The minimum absolute atomic E-state index is 0.127. The molecule has 0 unspecified atom stereocenters. The summed E-state index contributed by atoms with van der Waals surface area (Å²) in [5, 5.41) is 11.5. The maximum Gasteiger partial charge on any atom is 0.251 e. The highest BCUT2D eigenvalue weighted by molar-refractivity contribution is 5.95. The Labute approximate surface area is 151 Å². The Morgan fingerprint density at radius 2 is 2.15 bits per heavy atom. The van der Waals surface area contributed by atoms with Crippen molar-refractivity contribution in [1.82, 2.24) is 5.32 Å². The predicted molar refractivity (Wildman–Crippen MR) is 95.3 cm³/mol. The molecule has 1 atom stereocenters. The Morgan fingerprint density at radius 1 is 1.38 bits per heavy atom. The molecule has 0 fully saturated rings. The Balaban J connectivity index is 1.87. The van der Waals surface area contributed by atoms with E-state index in [1.165, 1.54) is 13.2 Å². The lowest BCUT2D eigenvalue weighted by molar-refractivity contribution is 0.0944. The molecule has 1 aliphatic heterocycles. The van der Waals surface area contributed by atoms with E-state index in [1.807, 2.05) is 6.92 Å². The van der Waals surface area contributed by atoms with Crippen LogP contribution in [0.2, 0.25) is 0 Å². The van der Waals surface area contributed by atoms with E-state index in [0.717, 1.165) is 5.56 Å². The number of ether oxygens (including phenoxy) is 2. The third-order valence-corrected chi connectivity index (χ3v) is 4.45. The maximum absolute atomic E-state index is 14.0. The van der Waals surface area contributed by atoms with Gasteiger partial charge in [-0.15, -0.1) is 0 Å². The van der Waals surface area contributed by atoms with E-state index in [1.54, 1.807) is 30.3 Å². The Hall–Kier alpha value is -2.60. The highest BCUT2D eigenvalue weighted by Crippen LogP contribution is 2.44. The van der Waals surface area contributed by atoms with Crippen LogP contribution in [0.1, 0.15) is 28.4 Å². The number of fused-ring (bicyclic) bond motifs is 1. The van der Waals surface area contributed by atoms with Gasteiger partial charge in [-0.3, -0.25) is 4.79 Å². The van der Waals surface area contributed by atoms with Gasteiger partial charge in [0.25, 0.3) is 5.91 Å². The molecule has 0 radical (unpaired) electrons. The van der Waals surface area contributed by atoms with Gasteiger partial charge in [-0.1, -0.05) is 18.2 Å². The number of nitrogens with one attached hydrogen (secondary N) is 1. The molecule has 0 saturated heterocycles. The molecule has 0 saturated carbocycles. The van der Waals surface area contributed by atoms with Crippen molar-refractivity contribution in [3.05, 3.63) is 58.9 Å². The molecule has 0 aliphatic carbocycles. The molecule has 138 valence electrons. The topological polar surface area (TPSA) is 67.8 Å². The number of methoxy groups -OCH3 is 1. The van der Waals surface area contributed by atoms with Gasteiger partial charge in [0.15, 0.2) is 11.5 Å². The van der Waals surface area contributed by atoms with Crippen LogP contribution in [0, 0.1) is 5.82 Å². The number of rotatable bonds is 6. The standard InChI is InChI=1S/C20H22FNO4/c1-20(11-13-5-3-4-6-16(13)21)12-15-9-14(19(24)22-7-8-23)10-17(25-2)18(15)26-20/h3-6,9-10,23H,7-8,11-12H2,1-2H3,(H,22,24)/t20-/m0/s1. The molecule has 2 aromatic rings. The minimum atomic E-state index is -0.627. The quantitative estimate of drug-likeness (QED) is 0.832. The van der Waals surface area contributed by atoms with Crippen molar-refractivity contribution < 1.29 is 23.8 Å². The second-order valence-electron chi connectivity index (χ2n) is 6.64. The second-order valence-corrected chi connectivity index (χ2v) is 6.64. The van der Waals surface area contributed by atoms with Crippen molar-refractivity contribution in [3.63, 3.8) is 0 Å². The van der Waals surface area contributed by atoms with Crippen LogP contribution in [0.3, 0.4) is 0 Å². The molecule has 5 nitrogen and oxygen atoms in total. The van der Waals surface area contributed by atoms with Gasteiger partial charge in [0.1, 0.15) is 11.4 Å². The molecule has 1 amide bonds. The third kappa shape index (κ3) is 3.65. The number of carbonyl (C=O) groups excluding carboxylic acids is 1. The fourth-order valence-electron chi connectivity index (χ4n) is 3.29. The van der Waals surface area contributed by atoms with Crippen molar-refractivity contribution in [2.24, 2.45) is 0 Å². The van der Waals surface area contributed by atoms with Crippen LogP contribution >= 0.6 is 0 Å². The van der Waals surface area contributed by atoms with Gasteiger partial charge in [0, 0.05) is 30.5 Å². The average molecular weight is 359 g/mol. The summed E-state index contributed by atoms with van der Waals surface area (Å²) in [7, 11) is 1.51. The molecule has 3 rings (SSSR count). The summed E-state index contributed by atoms with van der Waals surface area (Å²) in [5.74, 6) is 0.506. The Bertz CT molecular complexity index is 823. The first-order valence-electron chi connectivity index (χ1n) is 8.48. The summed E-state index contributed by atoms with van der Waals surface area (Å²) < 4.78 is 25.5. The van der Waals surface area contributed by atoms with Crippen molar-refractivity contribution in [2.75, 3.05) is 20.3 Å². The molecule has 26 heavy (non-hydrogen) atoms. The zero-order valence-corrected chi connectivity index (χ0v) is 14.8. The van der Waals surface area contributed by atoms with Crippen LogP contribution in [-0.4, -0.2) is 36.9 Å². The van der Waals surface area contributed by atoms with E-state index in [9.17, 15) is 9.18 Å². The first kappa shape index (κ1) is 18.2. The zero-order chi connectivity index (χ0) is 18.7. The molecule has 1 aliphatic rings. The highest BCUT2D eigenvalue weighted by atomic mass is 19.1. The number of aliphatic hydroxyl groups is 1. The summed E-state index contributed by atoms with van der Waals surface area (Å²) in [6.07, 6.45) is 0.942. The van der Waals surface area contributed by atoms with Crippen LogP contribution in [0.5, 0.6) is 11.5 Å². The summed E-state index contributed by atoms with van der Waals surface area (Å²) in [6, 6.07) is 10.0. The number of aliphatic hydroxyl groups excluding tert-OH is 1. The van der Waals surface area contributed by atoms with Crippen molar-refractivity contribution in [3.8, 4) is 11.5 Å². The predicted octanol–water partition coefficient (Wildman–Crippen LogP) is 2.49. The normalized spacial score (nSPS) is 18.2. The van der Waals surface area contributed by atoms with Crippen LogP contribution in [0.4, 0.5) is 4.39 Å². The number of benzene rings is 2. The molecule has 0 spiro atoms. The first-order valence-corrected chi connectivity index (χ1v) is 8.48. The van der Waals surface area contributed by atoms with E-state index in [-0.39, 0.29) is 24.9 Å². The number of hydrogen-bond acceptors (Lipinski definition) is 4. The fraction of sp³-hybridized carbons (Fsp3) is 0.350. The monoisotopic (exact) mass is 359 g/mol. The van der Waals surface area contributed by atoms with Crippen molar-refractivity contribution in [1.29, 1.82) is 0 Å². The summed E-state index contributed by atoms with van der Waals surface area (Å²) in [4.78, 5) is 12.2. The van der Waals surface area contributed by atoms with Gasteiger partial charge in [-0.25, -0.2) is 4.39 Å². The Morgan fingerprint density at radius 3 is 2.85 bits per heavy atom. The lowest BCUT2D eigenvalue weighted by Crippen LogP contribution is -2.33. The third-order valence-electron chi connectivity index (χ3n) is 4.45. The van der Waals surface area contributed by atoms with E-state index in [4.69, 9.17) is 14.6 Å². The lowest BCUT2D eigenvalue weighted by Gasteiger charge is -2.24. The highest BCUT2D eigenvalue weighted by Gasteiger charge is 2.38. The lowest BCUT2D eigenvalue weighted by atomic mass is 9.91. The second kappa shape index (κ2) is 7.33. The number of hydrogen-bond donors (Lipinski definition) is 2. The summed E-state index contributed by atoms with van der Waals surface area (Å²) in [6.45, 7) is 1.97. The molecule has 0 aromatic heterocycles. The van der Waals surface area contributed by atoms with Crippen LogP contribution in [0.25, 0.3) is 0 Å². The Kier molecular flexibility index (Phi) is 5.13. The minimum Gasteiger partial charge on any atom is -0.493 e. The fourth-order valence-corrected chi connectivity index (χ4v) is 3.29.